The van der Waals surface area contributed by atoms with Crippen LogP contribution in [-0.2, 0) is 6.42 Å². The quantitative estimate of drug-likeness (QED) is 0.521. The maximum absolute atomic E-state index is 5.66. The third kappa shape index (κ3) is 4.85. The molecule has 3 rings (SSSR count). The molecule has 0 aliphatic heterocycles. The van der Waals surface area contributed by atoms with Crippen LogP contribution in [0.5, 0.6) is 0 Å². The summed E-state index contributed by atoms with van der Waals surface area (Å²) in [5, 5.41) is 12.1. The standard InChI is InChI=1S/C18H24BrN5S/c1-23(15-12-10-14(19)11-13-15)18(25)9-5-8-17-20-21-22-24(17)16-6-3-2-4-7-16/h2-4,6-7,14-15H,5,8-13H2,1H3. The highest BCUT2D eigenvalue weighted by atomic mass is 79.9. The fourth-order valence-electron chi connectivity index (χ4n) is 3.33. The predicted octanol–water partition coefficient (Wildman–Crippen LogP) is 3.95. The van der Waals surface area contributed by atoms with Crippen molar-refractivity contribution in [2.24, 2.45) is 0 Å². The summed E-state index contributed by atoms with van der Waals surface area (Å²) in [7, 11) is 2.15. The van der Waals surface area contributed by atoms with Gasteiger partial charge in [0.2, 0.25) is 0 Å². The maximum atomic E-state index is 5.66. The number of thiocarbonyl (C=S) groups is 1. The van der Waals surface area contributed by atoms with E-state index in [1.807, 2.05) is 35.0 Å². The van der Waals surface area contributed by atoms with Crippen molar-refractivity contribution in [2.75, 3.05) is 7.05 Å². The number of tetrazole rings is 1. The van der Waals surface area contributed by atoms with Gasteiger partial charge in [0.05, 0.1) is 10.7 Å². The van der Waals surface area contributed by atoms with E-state index >= 15 is 0 Å². The molecule has 1 aromatic heterocycles. The molecule has 2 aromatic rings. The second-order valence-electron chi connectivity index (χ2n) is 6.61. The fraction of sp³-hybridized carbons (Fsp3) is 0.556. The van der Waals surface area contributed by atoms with Crippen molar-refractivity contribution in [3.05, 3.63) is 36.2 Å². The minimum Gasteiger partial charge on any atom is -0.366 e. The molecule has 1 aliphatic rings. The largest absolute Gasteiger partial charge is 0.366 e. The average Bonchev–Trinajstić information content (AvgIpc) is 3.11. The number of halogens is 1. The topological polar surface area (TPSA) is 46.8 Å². The highest BCUT2D eigenvalue weighted by Crippen LogP contribution is 2.27. The number of rotatable bonds is 6. The van der Waals surface area contributed by atoms with Gasteiger partial charge in [0.25, 0.3) is 0 Å². The van der Waals surface area contributed by atoms with E-state index in [4.69, 9.17) is 12.2 Å². The number of para-hydroxylation sites is 1. The molecular weight excluding hydrogens is 398 g/mol. The van der Waals surface area contributed by atoms with E-state index in [-0.39, 0.29) is 0 Å². The SMILES string of the molecule is CN(C(=S)CCCc1nnnn1-c1ccccc1)C1CCC(Br)CC1. The molecule has 1 heterocycles. The van der Waals surface area contributed by atoms with E-state index in [9.17, 15) is 0 Å². The first-order valence-electron chi connectivity index (χ1n) is 8.87. The van der Waals surface area contributed by atoms with Crippen molar-refractivity contribution in [3.8, 4) is 5.69 Å². The van der Waals surface area contributed by atoms with Crippen LogP contribution in [0.15, 0.2) is 30.3 Å². The zero-order valence-electron chi connectivity index (χ0n) is 14.5. The Morgan fingerprint density at radius 1 is 1.24 bits per heavy atom. The number of alkyl halides is 1. The van der Waals surface area contributed by atoms with Gasteiger partial charge in [-0.15, -0.1) is 5.10 Å². The molecule has 7 heteroatoms. The van der Waals surface area contributed by atoms with Crippen molar-refractivity contribution in [1.29, 1.82) is 0 Å². The average molecular weight is 422 g/mol. The lowest BCUT2D eigenvalue weighted by Crippen LogP contribution is -2.38. The summed E-state index contributed by atoms with van der Waals surface area (Å²) in [5.41, 5.74) is 0.994. The van der Waals surface area contributed by atoms with Crippen LogP contribution in [0.1, 0.15) is 44.3 Å². The first-order valence-corrected chi connectivity index (χ1v) is 10.2. The first-order chi connectivity index (χ1) is 12.1. The molecule has 0 spiro atoms. The summed E-state index contributed by atoms with van der Waals surface area (Å²) >= 11 is 9.38. The smallest absolute Gasteiger partial charge is 0.156 e. The molecule has 0 radical (unpaired) electrons. The highest BCUT2D eigenvalue weighted by molar-refractivity contribution is 9.09. The van der Waals surface area contributed by atoms with Crippen molar-refractivity contribution in [3.63, 3.8) is 0 Å². The van der Waals surface area contributed by atoms with Gasteiger partial charge in [0.15, 0.2) is 5.82 Å². The molecule has 0 atom stereocenters. The molecule has 0 bridgehead atoms. The third-order valence-electron chi connectivity index (χ3n) is 4.89. The molecule has 1 aromatic carbocycles. The second-order valence-corrected chi connectivity index (χ2v) is 8.37. The lowest BCUT2D eigenvalue weighted by Gasteiger charge is -2.34. The molecule has 1 saturated carbocycles. The Morgan fingerprint density at radius 2 is 1.96 bits per heavy atom. The van der Waals surface area contributed by atoms with Crippen LogP contribution in [0, 0.1) is 0 Å². The van der Waals surface area contributed by atoms with Gasteiger partial charge in [-0.2, -0.15) is 4.68 Å². The number of nitrogens with zero attached hydrogens (tertiary/aromatic N) is 5. The molecule has 134 valence electrons. The van der Waals surface area contributed by atoms with E-state index < -0.39 is 0 Å². The zero-order chi connectivity index (χ0) is 17.6. The third-order valence-corrected chi connectivity index (χ3v) is 6.30. The maximum Gasteiger partial charge on any atom is 0.156 e. The van der Waals surface area contributed by atoms with Crippen LogP contribution in [0.3, 0.4) is 0 Å². The summed E-state index contributed by atoms with van der Waals surface area (Å²) in [5.74, 6) is 0.886. The van der Waals surface area contributed by atoms with Gasteiger partial charge >= 0.3 is 0 Å². The van der Waals surface area contributed by atoms with Gasteiger partial charge in [0, 0.05) is 24.3 Å². The van der Waals surface area contributed by atoms with E-state index in [2.05, 4.69) is 43.4 Å². The summed E-state index contributed by atoms with van der Waals surface area (Å²) in [6.45, 7) is 0. The number of aromatic nitrogens is 4. The molecule has 0 N–H and O–H groups in total. The molecular formula is C18H24BrN5S. The number of benzene rings is 1. The van der Waals surface area contributed by atoms with Crippen molar-refractivity contribution in [1.82, 2.24) is 25.1 Å². The van der Waals surface area contributed by atoms with E-state index in [1.165, 1.54) is 25.7 Å². The Hall–Kier alpha value is -1.34. The summed E-state index contributed by atoms with van der Waals surface area (Å²) in [6.07, 6.45) is 7.61. The number of hydrogen-bond acceptors (Lipinski definition) is 4. The van der Waals surface area contributed by atoms with E-state index in [0.717, 1.165) is 35.8 Å². The van der Waals surface area contributed by atoms with E-state index in [1.54, 1.807) is 0 Å². The summed E-state index contributed by atoms with van der Waals surface area (Å²) in [6, 6.07) is 10.6. The minimum absolute atomic E-state index is 0.593. The summed E-state index contributed by atoms with van der Waals surface area (Å²) < 4.78 is 1.81. The molecule has 25 heavy (non-hydrogen) atoms. The Balaban J connectivity index is 1.50. The van der Waals surface area contributed by atoms with Gasteiger partial charge < -0.3 is 4.90 Å². The second kappa shape index (κ2) is 8.85. The Labute approximate surface area is 162 Å². The normalized spacial score (nSPS) is 20.4. The Morgan fingerprint density at radius 3 is 2.68 bits per heavy atom. The van der Waals surface area contributed by atoms with Crippen molar-refractivity contribution in [2.45, 2.75) is 55.8 Å². The summed E-state index contributed by atoms with van der Waals surface area (Å²) in [4.78, 5) is 4.05. The monoisotopic (exact) mass is 421 g/mol. The Kier molecular flexibility index (Phi) is 6.53. The molecule has 0 amide bonds. The minimum atomic E-state index is 0.593. The molecule has 1 aliphatic carbocycles. The van der Waals surface area contributed by atoms with Crippen LogP contribution in [0.4, 0.5) is 0 Å². The van der Waals surface area contributed by atoms with Crippen LogP contribution < -0.4 is 0 Å². The van der Waals surface area contributed by atoms with Crippen LogP contribution in [0.25, 0.3) is 5.69 Å². The number of hydrogen-bond donors (Lipinski definition) is 0. The van der Waals surface area contributed by atoms with Gasteiger partial charge in [-0.25, -0.2) is 0 Å². The van der Waals surface area contributed by atoms with Crippen LogP contribution >= 0.6 is 28.1 Å². The fourth-order valence-corrected chi connectivity index (χ4v) is 4.15. The van der Waals surface area contributed by atoms with Crippen molar-refractivity contribution >= 4 is 33.1 Å². The molecule has 5 nitrogen and oxygen atoms in total. The molecule has 0 unspecified atom stereocenters. The lowest BCUT2D eigenvalue weighted by molar-refractivity contribution is 0.283. The molecule has 1 fully saturated rings. The highest BCUT2D eigenvalue weighted by Gasteiger charge is 2.23. The zero-order valence-corrected chi connectivity index (χ0v) is 16.9. The van der Waals surface area contributed by atoms with E-state index in [0.29, 0.717) is 10.9 Å². The van der Waals surface area contributed by atoms with Crippen LogP contribution in [-0.4, -0.2) is 48.0 Å². The predicted molar refractivity (Wildman–Crippen MR) is 107 cm³/mol. The Bertz CT molecular complexity index is 682. The first kappa shape index (κ1) is 18.5. The number of aryl methyl sites for hydroxylation is 1. The van der Waals surface area contributed by atoms with Gasteiger partial charge in [-0.3, -0.25) is 0 Å². The molecule has 0 saturated heterocycles. The van der Waals surface area contributed by atoms with Crippen molar-refractivity contribution < 1.29 is 0 Å². The van der Waals surface area contributed by atoms with Gasteiger partial charge in [0.1, 0.15) is 0 Å². The van der Waals surface area contributed by atoms with Crippen LogP contribution in [0.2, 0.25) is 0 Å². The lowest BCUT2D eigenvalue weighted by atomic mass is 9.94. The van der Waals surface area contributed by atoms with Gasteiger partial charge in [-0.05, 0) is 61.1 Å². The van der Waals surface area contributed by atoms with Gasteiger partial charge in [-0.1, -0.05) is 46.3 Å².